The number of aryl methyl sites for hydroxylation is 2. The van der Waals surface area contributed by atoms with Crippen LogP contribution in [0.3, 0.4) is 0 Å². The molecule has 0 aliphatic heterocycles. The van der Waals surface area contributed by atoms with Crippen LogP contribution in [0.1, 0.15) is 53.7 Å². The van der Waals surface area contributed by atoms with Crippen molar-refractivity contribution in [2.24, 2.45) is 4.99 Å². The molecule has 2 aromatic rings. The standard InChI is InChI=1S/C21H28F3N5O2.HI/c1-4-17-16(18(5-2)31-29-17)13-28-20(25-6-3)27-12-11-26-19(30)14-7-9-15(10-8-14)21(22,23)24;/h7-10H,4-6,11-13H2,1-3H3,(H,26,30)(H2,25,27,28);1H. The summed E-state index contributed by atoms with van der Waals surface area (Å²) in [6, 6.07) is 4.10. The van der Waals surface area contributed by atoms with Gasteiger partial charge in [0.1, 0.15) is 5.76 Å². The van der Waals surface area contributed by atoms with Crippen LogP contribution >= 0.6 is 24.0 Å². The highest BCUT2D eigenvalue weighted by atomic mass is 127. The third-order valence-corrected chi connectivity index (χ3v) is 4.52. The van der Waals surface area contributed by atoms with E-state index in [1.807, 2.05) is 20.8 Å². The molecule has 7 nitrogen and oxygen atoms in total. The number of alkyl halides is 3. The molecule has 3 N–H and O–H groups in total. The molecule has 11 heteroatoms. The highest BCUT2D eigenvalue weighted by molar-refractivity contribution is 14.0. The summed E-state index contributed by atoms with van der Waals surface area (Å²) < 4.78 is 43.2. The molecule has 1 amide bonds. The van der Waals surface area contributed by atoms with Crippen molar-refractivity contribution >= 4 is 35.8 Å². The van der Waals surface area contributed by atoms with Crippen LogP contribution in [0.2, 0.25) is 0 Å². The number of carbonyl (C=O) groups is 1. The van der Waals surface area contributed by atoms with Gasteiger partial charge in [-0.3, -0.25) is 4.79 Å². The van der Waals surface area contributed by atoms with Gasteiger partial charge in [0.15, 0.2) is 5.96 Å². The van der Waals surface area contributed by atoms with E-state index in [-0.39, 0.29) is 36.1 Å². The lowest BCUT2D eigenvalue weighted by Gasteiger charge is -2.12. The Morgan fingerprint density at radius 1 is 1.03 bits per heavy atom. The van der Waals surface area contributed by atoms with Gasteiger partial charge in [-0.05, 0) is 37.6 Å². The third-order valence-electron chi connectivity index (χ3n) is 4.52. The van der Waals surface area contributed by atoms with Crippen LogP contribution in [0.25, 0.3) is 0 Å². The maximum Gasteiger partial charge on any atom is 0.416 e. The van der Waals surface area contributed by atoms with Crippen LogP contribution in [0.15, 0.2) is 33.8 Å². The first-order valence-corrected chi connectivity index (χ1v) is 10.2. The number of halogens is 4. The van der Waals surface area contributed by atoms with E-state index in [1.54, 1.807) is 0 Å². The molecule has 0 fully saturated rings. The number of nitrogens with zero attached hydrogens (tertiary/aromatic N) is 2. The summed E-state index contributed by atoms with van der Waals surface area (Å²) >= 11 is 0. The number of benzene rings is 1. The minimum Gasteiger partial charge on any atom is -0.361 e. The molecule has 2 rings (SSSR count). The Morgan fingerprint density at radius 3 is 2.25 bits per heavy atom. The van der Waals surface area contributed by atoms with E-state index in [9.17, 15) is 18.0 Å². The normalized spacial score (nSPS) is 11.6. The molecule has 1 aromatic carbocycles. The zero-order valence-electron chi connectivity index (χ0n) is 18.3. The molecule has 0 bridgehead atoms. The van der Waals surface area contributed by atoms with E-state index in [4.69, 9.17) is 4.52 Å². The van der Waals surface area contributed by atoms with Gasteiger partial charge in [0.05, 0.1) is 17.8 Å². The Bertz CT molecular complexity index is 861. The smallest absolute Gasteiger partial charge is 0.361 e. The zero-order chi connectivity index (χ0) is 22.9. The zero-order valence-corrected chi connectivity index (χ0v) is 20.6. The van der Waals surface area contributed by atoms with E-state index in [1.165, 1.54) is 0 Å². The van der Waals surface area contributed by atoms with Gasteiger partial charge in [0.25, 0.3) is 5.91 Å². The number of hydrogen-bond donors (Lipinski definition) is 3. The van der Waals surface area contributed by atoms with E-state index in [0.717, 1.165) is 54.1 Å². The number of hydrogen-bond acceptors (Lipinski definition) is 4. The minimum atomic E-state index is -4.43. The van der Waals surface area contributed by atoms with Crippen LogP contribution in [0.4, 0.5) is 13.2 Å². The Kier molecular flexibility index (Phi) is 11.5. The Balaban J connectivity index is 0.00000512. The largest absolute Gasteiger partial charge is 0.416 e. The maximum absolute atomic E-state index is 12.6. The molecule has 32 heavy (non-hydrogen) atoms. The van der Waals surface area contributed by atoms with Gasteiger partial charge in [0.2, 0.25) is 0 Å². The first kappa shape index (κ1) is 27.7. The molecule has 0 saturated carbocycles. The molecule has 0 aliphatic carbocycles. The van der Waals surface area contributed by atoms with E-state index >= 15 is 0 Å². The lowest BCUT2D eigenvalue weighted by molar-refractivity contribution is -0.137. The topological polar surface area (TPSA) is 91.6 Å². The van der Waals surface area contributed by atoms with Gasteiger partial charge < -0.3 is 20.5 Å². The van der Waals surface area contributed by atoms with Crippen molar-refractivity contribution in [3.05, 3.63) is 52.4 Å². The molecular formula is C21H29F3IN5O2. The van der Waals surface area contributed by atoms with Crippen LogP contribution in [0.5, 0.6) is 0 Å². The fourth-order valence-electron chi connectivity index (χ4n) is 2.89. The summed E-state index contributed by atoms with van der Waals surface area (Å²) in [5.41, 5.74) is 1.25. The molecule has 0 atom stereocenters. The van der Waals surface area contributed by atoms with Crippen molar-refractivity contribution in [3.63, 3.8) is 0 Å². The fraction of sp³-hybridized carbons (Fsp3) is 0.476. The number of amides is 1. The summed E-state index contributed by atoms with van der Waals surface area (Å²) in [4.78, 5) is 16.7. The van der Waals surface area contributed by atoms with Crippen LogP contribution < -0.4 is 16.0 Å². The van der Waals surface area contributed by atoms with Gasteiger partial charge in [-0.15, -0.1) is 24.0 Å². The predicted octanol–water partition coefficient (Wildman–Crippen LogP) is 3.92. The second-order valence-electron chi connectivity index (χ2n) is 6.69. The van der Waals surface area contributed by atoms with Gasteiger partial charge in [-0.2, -0.15) is 13.2 Å². The Hall–Kier alpha value is -2.31. The molecule has 1 aromatic heterocycles. The second-order valence-corrected chi connectivity index (χ2v) is 6.69. The third kappa shape index (κ3) is 7.99. The first-order valence-electron chi connectivity index (χ1n) is 10.2. The minimum absolute atomic E-state index is 0. The van der Waals surface area contributed by atoms with Gasteiger partial charge in [-0.1, -0.05) is 19.0 Å². The van der Waals surface area contributed by atoms with Crippen LogP contribution in [0, 0.1) is 0 Å². The quantitative estimate of drug-likeness (QED) is 0.185. The average Bonchev–Trinajstić information content (AvgIpc) is 3.16. The molecule has 1 heterocycles. The summed E-state index contributed by atoms with van der Waals surface area (Å²) in [5.74, 6) is 0.957. The van der Waals surface area contributed by atoms with Crippen molar-refractivity contribution in [2.75, 3.05) is 19.6 Å². The average molecular weight is 567 g/mol. The van der Waals surface area contributed by atoms with Crippen LogP contribution in [-0.4, -0.2) is 36.7 Å². The molecule has 0 unspecified atom stereocenters. The molecular weight excluding hydrogens is 538 g/mol. The fourth-order valence-corrected chi connectivity index (χ4v) is 2.89. The van der Waals surface area contributed by atoms with Crippen molar-refractivity contribution in [2.45, 2.75) is 46.3 Å². The summed E-state index contributed by atoms with van der Waals surface area (Å²) in [6.07, 6.45) is -2.94. The number of nitrogens with one attached hydrogen (secondary N) is 3. The predicted molar refractivity (Wildman–Crippen MR) is 127 cm³/mol. The summed E-state index contributed by atoms with van der Waals surface area (Å²) in [7, 11) is 0. The second kappa shape index (κ2) is 13.3. The number of aliphatic imine (C=N–C) groups is 1. The number of carbonyl (C=O) groups excluding carboxylic acids is 1. The monoisotopic (exact) mass is 567 g/mol. The van der Waals surface area contributed by atoms with E-state index in [0.29, 0.717) is 25.6 Å². The molecule has 178 valence electrons. The highest BCUT2D eigenvalue weighted by Gasteiger charge is 2.30. The summed E-state index contributed by atoms with van der Waals surface area (Å²) in [5, 5.41) is 13.0. The van der Waals surface area contributed by atoms with Gasteiger partial charge in [-0.25, -0.2) is 4.99 Å². The first-order chi connectivity index (χ1) is 14.8. The van der Waals surface area contributed by atoms with Crippen molar-refractivity contribution < 1.29 is 22.5 Å². The van der Waals surface area contributed by atoms with Crippen molar-refractivity contribution in [1.29, 1.82) is 0 Å². The lowest BCUT2D eigenvalue weighted by atomic mass is 10.1. The van der Waals surface area contributed by atoms with Gasteiger partial charge >= 0.3 is 6.18 Å². The Labute approximate surface area is 202 Å². The van der Waals surface area contributed by atoms with E-state index in [2.05, 4.69) is 26.1 Å². The number of aromatic nitrogens is 1. The molecule has 0 aliphatic rings. The van der Waals surface area contributed by atoms with Crippen molar-refractivity contribution in [1.82, 2.24) is 21.1 Å². The number of guanidine groups is 1. The molecule has 0 saturated heterocycles. The Morgan fingerprint density at radius 2 is 1.69 bits per heavy atom. The number of rotatable bonds is 9. The molecule has 0 radical (unpaired) electrons. The van der Waals surface area contributed by atoms with Crippen molar-refractivity contribution in [3.8, 4) is 0 Å². The van der Waals surface area contributed by atoms with E-state index < -0.39 is 17.6 Å². The van der Waals surface area contributed by atoms with Gasteiger partial charge in [0, 0.05) is 37.2 Å². The van der Waals surface area contributed by atoms with Crippen LogP contribution in [-0.2, 0) is 25.6 Å². The molecule has 0 spiro atoms. The SMILES string of the molecule is CCNC(=NCc1c(CC)noc1CC)NCCNC(=O)c1ccc(C(F)(F)F)cc1.I. The summed E-state index contributed by atoms with van der Waals surface area (Å²) in [6.45, 7) is 7.69. The maximum atomic E-state index is 12.6. The highest BCUT2D eigenvalue weighted by Crippen LogP contribution is 2.29. The lowest BCUT2D eigenvalue weighted by Crippen LogP contribution is -2.41.